The molecule has 32 heavy (non-hydrogen) atoms. The van der Waals surface area contributed by atoms with Crippen molar-refractivity contribution in [1.29, 1.82) is 0 Å². The van der Waals surface area contributed by atoms with Crippen molar-refractivity contribution in [2.24, 2.45) is 4.99 Å². The van der Waals surface area contributed by atoms with Gasteiger partial charge in [-0.2, -0.15) is 0 Å². The van der Waals surface area contributed by atoms with Crippen LogP contribution in [0.3, 0.4) is 0 Å². The zero-order valence-electron chi connectivity index (χ0n) is 18.6. The predicted molar refractivity (Wildman–Crippen MR) is 125 cm³/mol. The molecule has 8 heteroatoms. The Morgan fingerprint density at radius 2 is 1.94 bits per heavy atom. The van der Waals surface area contributed by atoms with E-state index in [2.05, 4.69) is 15.5 Å². The van der Waals surface area contributed by atoms with Crippen LogP contribution in [-0.2, 0) is 4.79 Å². The summed E-state index contributed by atoms with van der Waals surface area (Å²) in [4.78, 5) is 17.5. The summed E-state index contributed by atoms with van der Waals surface area (Å²) in [7, 11) is 0. The van der Waals surface area contributed by atoms with Gasteiger partial charge in [0.25, 0.3) is 0 Å². The zero-order valence-corrected chi connectivity index (χ0v) is 19.3. The van der Waals surface area contributed by atoms with Gasteiger partial charge < -0.3 is 10.1 Å². The molecule has 0 radical (unpaired) electrons. The molecule has 3 aromatic rings. The number of carbonyl (C=O) groups excluding carboxylic acids is 1. The number of aryl methyl sites for hydroxylation is 1. The number of carbonyl (C=O) groups is 1. The maximum Gasteiger partial charge on any atom is 0.222 e. The average molecular weight is 452 g/mol. The van der Waals surface area contributed by atoms with Crippen molar-refractivity contribution in [2.45, 2.75) is 46.3 Å². The molecule has 7 nitrogen and oxygen atoms in total. The number of nitrogens with zero attached hydrogens (tertiary/aromatic N) is 4. The van der Waals surface area contributed by atoms with Gasteiger partial charge in [-0.25, -0.2) is 0 Å². The lowest BCUT2D eigenvalue weighted by atomic mass is 10.00. The summed E-state index contributed by atoms with van der Waals surface area (Å²) in [6, 6.07) is 13.0. The molecule has 0 saturated heterocycles. The van der Waals surface area contributed by atoms with E-state index in [1.54, 1.807) is 0 Å². The Morgan fingerprint density at radius 1 is 1.19 bits per heavy atom. The Labute approximate surface area is 192 Å². The van der Waals surface area contributed by atoms with Gasteiger partial charge in [-0.15, -0.1) is 10.2 Å². The van der Waals surface area contributed by atoms with Crippen molar-refractivity contribution < 1.29 is 9.53 Å². The molecule has 0 unspecified atom stereocenters. The van der Waals surface area contributed by atoms with Gasteiger partial charge in [0.1, 0.15) is 17.6 Å². The Kier molecular flexibility index (Phi) is 6.28. The van der Waals surface area contributed by atoms with Crippen molar-refractivity contribution in [2.75, 3.05) is 6.54 Å². The molecule has 4 rings (SSSR count). The van der Waals surface area contributed by atoms with Gasteiger partial charge in [-0.3, -0.25) is 14.4 Å². The maximum absolute atomic E-state index is 12.5. The molecule has 2 heterocycles. The molecule has 1 aliphatic heterocycles. The third-order valence-corrected chi connectivity index (χ3v) is 5.39. The number of ether oxygens (including phenoxy) is 1. The van der Waals surface area contributed by atoms with Crippen molar-refractivity contribution in [3.8, 4) is 11.4 Å². The van der Waals surface area contributed by atoms with E-state index in [1.807, 2.05) is 74.7 Å². The summed E-state index contributed by atoms with van der Waals surface area (Å²) in [5, 5.41) is 12.2. The molecule has 2 aromatic carbocycles. The number of hydrogen-bond donors (Lipinski definition) is 1. The topological polar surface area (TPSA) is 81.4 Å². The molecule has 1 aromatic heterocycles. The van der Waals surface area contributed by atoms with Gasteiger partial charge in [-0.05, 0) is 58.0 Å². The fourth-order valence-electron chi connectivity index (χ4n) is 3.84. The number of rotatable bonds is 6. The van der Waals surface area contributed by atoms with E-state index < -0.39 is 6.04 Å². The Hall–Kier alpha value is -3.19. The summed E-state index contributed by atoms with van der Waals surface area (Å²) in [6.07, 6.45) is 0.208. The first-order valence-corrected chi connectivity index (χ1v) is 11.1. The van der Waals surface area contributed by atoms with Crippen LogP contribution in [0.2, 0.25) is 5.02 Å². The number of halogens is 1. The molecule has 1 amide bonds. The van der Waals surface area contributed by atoms with Crippen LogP contribution in [0.15, 0.2) is 47.5 Å². The van der Waals surface area contributed by atoms with E-state index >= 15 is 0 Å². The summed E-state index contributed by atoms with van der Waals surface area (Å²) in [5.41, 5.74) is 3.43. The number of aromatic nitrogens is 3. The molecule has 1 aliphatic rings. The van der Waals surface area contributed by atoms with Gasteiger partial charge >= 0.3 is 0 Å². The highest BCUT2D eigenvalue weighted by atomic mass is 35.5. The van der Waals surface area contributed by atoms with Crippen LogP contribution in [0.25, 0.3) is 5.69 Å². The molecular formula is C24H26ClN5O2. The monoisotopic (exact) mass is 451 g/mol. The van der Waals surface area contributed by atoms with Gasteiger partial charge in [-0.1, -0.05) is 23.7 Å². The van der Waals surface area contributed by atoms with Crippen LogP contribution in [0.1, 0.15) is 56.0 Å². The minimum absolute atomic E-state index is 0.0347. The lowest BCUT2D eigenvalue weighted by Gasteiger charge is -2.16. The third kappa shape index (κ3) is 4.39. The minimum Gasteiger partial charge on any atom is -0.491 e. The van der Waals surface area contributed by atoms with Crippen LogP contribution in [0, 0.1) is 6.92 Å². The molecule has 0 bridgehead atoms. The largest absolute Gasteiger partial charge is 0.491 e. The number of nitrogens with one attached hydrogen (secondary N) is 1. The predicted octanol–water partition coefficient (Wildman–Crippen LogP) is 4.43. The van der Waals surface area contributed by atoms with Crippen LogP contribution in [-0.4, -0.2) is 39.0 Å². The molecule has 0 spiro atoms. The second-order valence-corrected chi connectivity index (χ2v) is 8.38. The minimum atomic E-state index is -0.490. The summed E-state index contributed by atoms with van der Waals surface area (Å²) in [6.45, 7) is 8.33. The van der Waals surface area contributed by atoms with Crippen molar-refractivity contribution in [3.63, 3.8) is 0 Å². The molecule has 0 saturated carbocycles. The molecule has 0 aliphatic carbocycles. The second kappa shape index (κ2) is 9.12. The van der Waals surface area contributed by atoms with Crippen LogP contribution in [0.5, 0.6) is 5.75 Å². The molecule has 166 valence electrons. The molecular weight excluding hydrogens is 426 g/mol. The van der Waals surface area contributed by atoms with Crippen molar-refractivity contribution in [1.82, 2.24) is 20.1 Å². The van der Waals surface area contributed by atoms with Gasteiger partial charge in [0.05, 0.1) is 23.9 Å². The smallest absolute Gasteiger partial charge is 0.222 e. The van der Waals surface area contributed by atoms with E-state index in [0.29, 0.717) is 17.4 Å². The van der Waals surface area contributed by atoms with Gasteiger partial charge in [0.2, 0.25) is 5.91 Å². The zero-order chi connectivity index (χ0) is 22.8. The number of aliphatic imine (C=N–C) groups is 1. The van der Waals surface area contributed by atoms with E-state index in [4.69, 9.17) is 21.3 Å². The van der Waals surface area contributed by atoms with E-state index in [0.717, 1.165) is 34.1 Å². The first-order valence-electron chi connectivity index (χ1n) is 10.7. The number of benzene rings is 2. The number of amides is 1. The summed E-state index contributed by atoms with van der Waals surface area (Å²) >= 11 is 6.14. The van der Waals surface area contributed by atoms with Crippen LogP contribution < -0.4 is 10.1 Å². The Bertz CT molecular complexity index is 1170. The molecule has 1 N–H and O–H groups in total. The lowest BCUT2D eigenvalue weighted by molar-refractivity contribution is -0.121. The number of hydrogen-bond acceptors (Lipinski definition) is 5. The maximum atomic E-state index is 12.5. The summed E-state index contributed by atoms with van der Waals surface area (Å²) in [5.74, 6) is 2.03. The Balaban J connectivity index is 1.94. The highest BCUT2D eigenvalue weighted by Crippen LogP contribution is 2.34. The van der Waals surface area contributed by atoms with Gasteiger partial charge in [0.15, 0.2) is 5.82 Å². The van der Waals surface area contributed by atoms with Crippen LogP contribution >= 0.6 is 11.6 Å². The van der Waals surface area contributed by atoms with E-state index in [9.17, 15) is 4.79 Å². The molecule has 1 atom stereocenters. The third-order valence-electron chi connectivity index (χ3n) is 5.14. The average Bonchev–Trinajstić information content (AvgIpc) is 3.06. The fourth-order valence-corrected chi connectivity index (χ4v) is 3.97. The highest BCUT2D eigenvalue weighted by Gasteiger charge is 2.30. The normalized spacial score (nSPS) is 14.9. The molecule has 0 fully saturated rings. The van der Waals surface area contributed by atoms with E-state index in [1.165, 1.54) is 0 Å². The standard InChI is InChI=1S/C24H26ClN5O2/c1-5-26-22(31)13-20-24-29-28-15(4)30(24)21-11-10-18(32-14(2)3)12-19(21)23(27-20)16-6-8-17(25)9-7-16/h6-12,14,20H,5,13H2,1-4H3,(H,26,31)/t20-/m1/s1. The highest BCUT2D eigenvalue weighted by molar-refractivity contribution is 6.30. The fraction of sp³-hybridized carbons (Fsp3) is 0.333. The SMILES string of the molecule is CCNC(=O)C[C@H]1N=C(c2ccc(Cl)cc2)c2cc(OC(C)C)ccc2-n2c(C)nnc21. The quantitative estimate of drug-likeness (QED) is 0.600. The van der Waals surface area contributed by atoms with E-state index in [-0.39, 0.29) is 18.4 Å². The first kappa shape index (κ1) is 22.0. The van der Waals surface area contributed by atoms with Crippen molar-refractivity contribution in [3.05, 3.63) is 70.3 Å². The van der Waals surface area contributed by atoms with Gasteiger partial charge in [0, 0.05) is 22.7 Å². The second-order valence-electron chi connectivity index (χ2n) is 7.94. The number of fused-ring (bicyclic) bond motifs is 3. The van der Waals surface area contributed by atoms with Crippen LogP contribution in [0.4, 0.5) is 0 Å². The lowest BCUT2D eigenvalue weighted by Crippen LogP contribution is -2.25. The van der Waals surface area contributed by atoms with Crippen molar-refractivity contribution >= 4 is 23.2 Å². The Morgan fingerprint density at radius 3 is 2.62 bits per heavy atom. The first-order chi connectivity index (χ1) is 15.4. The summed E-state index contributed by atoms with van der Waals surface area (Å²) < 4.78 is 7.94.